The first-order chi connectivity index (χ1) is 11.2. The first-order valence-corrected chi connectivity index (χ1v) is 8.31. The van der Waals surface area contributed by atoms with E-state index in [9.17, 15) is 9.90 Å². The van der Waals surface area contributed by atoms with Crippen molar-refractivity contribution in [3.63, 3.8) is 0 Å². The van der Waals surface area contributed by atoms with Gasteiger partial charge in [-0.2, -0.15) is 0 Å². The molecule has 1 saturated heterocycles. The zero-order valence-electron chi connectivity index (χ0n) is 13.6. The van der Waals surface area contributed by atoms with Gasteiger partial charge in [0.25, 0.3) is 5.91 Å². The van der Waals surface area contributed by atoms with Gasteiger partial charge in [0.15, 0.2) is 0 Å². The fourth-order valence-electron chi connectivity index (χ4n) is 3.30. The maximum absolute atomic E-state index is 12.8. The van der Waals surface area contributed by atoms with Crippen LogP contribution in [0.25, 0.3) is 5.69 Å². The number of rotatable bonds is 4. The van der Waals surface area contributed by atoms with Crippen LogP contribution in [-0.4, -0.2) is 40.2 Å². The summed E-state index contributed by atoms with van der Waals surface area (Å²) in [5, 5.41) is 9.62. The average molecular weight is 312 g/mol. The van der Waals surface area contributed by atoms with Crippen molar-refractivity contribution in [2.45, 2.75) is 26.2 Å². The number of carbonyl (C=O) groups excluding carboxylic acids is 1. The minimum absolute atomic E-state index is 0.00374. The number of likely N-dealkylation sites (tertiary alicyclic amines) is 1. The summed E-state index contributed by atoms with van der Waals surface area (Å²) in [6, 6.07) is 11.7. The van der Waals surface area contributed by atoms with Crippen molar-refractivity contribution in [2.24, 2.45) is 5.41 Å². The van der Waals surface area contributed by atoms with Gasteiger partial charge in [0.2, 0.25) is 0 Å². The van der Waals surface area contributed by atoms with Crippen LogP contribution in [-0.2, 0) is 0 Å². The van der Waals surface area contributed by atoms with Gasteiger partial charge in [-0.25, -0.2) is 0 Å². The summed E-state index contributed by atoms with van der Waals surface area (Å²) in [7, 11) is 0. The molecule has 2 aromatic rings. The molecule has 1 fully saturated rings. The highest BCUT2D eigenvalue weighted by molar-refractivity contribution is 5.94. The Morgan fingerprint density at radius 3 is 2.48 bits per heavy atom. The quantitative estimate of drug-likeness (QED) is 0.943. The van der Waals surface area contributed by atoms with Crippen LogP contribution >= 0.6 is 0 Å². The Kier molecular flexibility index (Phi) is 4.53. The number of benzene rings is 1. The molecule has 0 saturated carbocycles. The molecule has 0 spiro atoms. The summed E-state index contributed by atoms with van der Waals surface area (Å²) in [6.45, 7) is 3.78. The molecular formula is C19H24N2O2. The van der Waals surface area contributed by atoms with E-state index in [1.165, 1.54) is 0 Å². The second kappa shape index (κ2) is 6.59. The van der Waals surface area contributed by atoms with Crippen LogP contribution in [0.5, 0.6) is 0 Å². The summed E-state index contributed by atoms with van der Waals surface area (Å²) < 4.78 is 2.00. The lowest BCUT2D eigenvalue weighted by Crippen LogP contribution is -2.44. The van der Waals surface area contributed by atoms with Crippen molar-refractivity contribution in [3.8, 4) is 5.69 Å². The number of piperidine rings is 1. The zero-order valence-corrected chi connectivity index (χ0v) is 13.6. The molecule has 0 bridgehead atoms. The van der Waals surface area contributed by atoms with Crippen LogP contribution < -0.4 is 0 Å². The first-order valence-electron chi connectivity index (χ1n) is 8.31. The lowest BCUT2D eigenvalue weighted by atomic mass is 9.77. The molecular weight excluding hydrogens is 288 g/mol. The van der Waals surface area contributed by atoms with Gasteiger partial charge in [0.05, 0.1) is 0 Å². The summed E-state index contributed by atoms with van der Waals surface area (Å²) in [5.41, 5.74) is 1.73. The molecule has 4 nitrogen and oxygen atoms in total. The van der Waals surface area contributed by atoms with Crippen molar-refractivity contribution in [1.82, 2.24) is 9.47 Å². The lowest BCUT2D eigenvalue weighted by Gasteiger charge is -2.40. The topological polar surface area (TPSA) is 45.5 Å². The Balaban J connectivity index is 1.73. The van der Waals surface area contributed by atoms with Gasteiger partial charge in [-0.15, -0.1) is 0 Å². The smallest absolute Gasteiger partial charge is 0.253 e. The third-order valence-corrected chi connectivity index (χ3v) is 5.19. The highest BCUT2D eigenvalue weighted by Crippen LogP contribution is 2.34. The molecule has 1 aromatic heterocycles. The molecule has 23 heavy (non-hydrogen) atoms. The molecule has 4 heteroatoms. The zero-order chi connectivity index (χ0) is 16.3. The normalized spacial score (nSPS) is 17.2. The lowest BCUT2D eigenvalue weighted by molar-refractivity contribution is 0.0338. The number of hydrogen-bond acceptors (Lipinski definition) is 2. The SMILES string of the molecule is CCC1(CO)CCN(C(=O)c2cccc(-n3cccc3)c2)CC1. The Labute approximate surface area is 137 Å². The minimum Gasteiger partial charge on any atom is -0.396 e. The molecule has 122 valence electrons. The van der Waals surface area contributed by atoms with E-state index in [-0.39, 0.29) is 17.9 Å². The summed E-state index contributed by atoms with van der Waals surface area (Å²) in [6.07, 6.45) is 6.67. The molecule has 0 radical (unpaired) electrons. The van der Waals surface area contributed by atoms with E-state index in [2.05, 4.69) is 6.92 Å². The predicted octanol–water partition coefficient (Wildman–Crippen LogP) is 3.10. The molecule has 1 aromatic carbocycles. The summed E-state index contributed by atoms with van der Waals surface area (Å²) in [4.78, 5) is 14.7. The molecule has 2 heterocycles. The van der Waals surface area contributed by atoms with E-state index in [0.29, 0.717) is 0 Å². The first kappa shape index (κ1) is 15.8. The van der Waals surface area contributed by atoms with Gasteiger partial charge in [-0.1, -0.05) is 13.0 Å². The molecule has 1 aliphatic heterocycles. The van der Waals surface area contributed by atoms with Crippen LogP contribution in [0.1, 0.15) is 36.5 Å². The van der Waals surface area contributed by atoms with Crippen LogP contribution in [0.2, 0.25) is 0 Å². The van der Waals surface area contributed by atoms with E-state index >= 15 is 0 Å². The fraction of sp³-hybridized carbons (Fsp3) is 0.421. The van der Waals surface area contributed by atoms with E-state index in [1.807, 2.05) is 58.3 Å². The Morgan fingerprint density at radius 2 is 1.87 bits per heavy atom. The van der Waals surface area contributed by atoms with E-state index < -0.39 is 0 Å². The second-order valence-electron chi connectivity index (χ2n) is 6.44. The van der Waals surface area contributed by atoms with Crippen molar-refractivity contribution in [1.29, 1.82) is 0 Å². The van der Waals surface area contributed by atoms with Crippen LogP contribution in [0.4, 0.5) is 0 Å². The van der Waals surface area contributed by atoms with Crippen molar-refractivity contribution < 1.29 is 9.90 Å². The standard InChI is InChI=1S/C19H24N2O2/c1-2-19(15-22)8-12-21(13-9-19)18(23)16-6-5-7-17(14-16)20-10-3-4-11-20/h3-7,10-11,14,22H,2,8-9,12-13,15H2,1H3. The Morgan fingerprint density at radius 1 is 1.17 bits per heavy atom. The third-order valence-electron chi connectivity index (χ3n) is 5.19. The highest BCUT2D eigenvalue weighted by Gasteiger charge is 2.34. The number of nitrogens with zero attached hydrogens (tertiary/aromatic N) is 2. The minimum atomic E-state index is 0.00374. The fourth-order valence-corrected chi connectivity index (χ4v) is 3.30. The van der Waals surface area contributed by atoms with Gasteiger partial charge in [-0.05, 0) is 55.0 Å². The molecule has 1 N–H and O–H groups in total. The number of amides is 1. The molecule has 0 unspecified atom stereocenters. The maximum Gasteiger partial charge on any atom is 0.253 e. The monoisotopic (exact) mass is 312 g/mol. The van der Waals surface area contributed by atoms with Gasteiger partial charge in [-0.3, -0.25) is 4.79 Å². The van der Waals surface area contributed by atoms with Crippen LogP contribution in [0.15, 0.2) is 48.8 Å². The predicted molar refractivity (Wildman–Crippen MR) is 90.7 cm³/mol. The molecule has 0 atom stereocenters. The van der Waals surface area contributed by atoms with Crippen molar-refractivity contribution >= 4 is 5.91 Å². The average Bonchev–Trinajstić information content (AvgIpc) is 3.16. The molecule has 0 aliphatic carbocycles. The van der Waals surface area contributed by atoms with Crippen LogP contribution in [0.3, 0.4) is 0 Å². The molecule has 3 rings (SSSR count). The number of carbonyl (C=O) groups is 1. The van der Waals surface area contributed by atoms with Crippen molar-refractivity contribution in [3.05, 3.63) is 54.4 Å². The highest BCUT2D eigenvalue weighted by atomic mass is 16.3. The van der Waals surface area contributed by atoms with E-state index in [1.54, 1.807) is 0 Å². The summed E-state index contributed by atoms with van der Waals surface area (Å²) in [5.74, 6) is 0.0849. The Hall–Kier alpha value is -2.07. The molecule has 1 aliphatic rings. The van der Waals surface area contributed by atoms with Gasteiger partial charge in [0, 0.05) is 43.3 Å². The van der Waals surface area contributed by atoms with Gasteiger partial charge >= 0.3 is 0 Å². The van der Waals surface area contributed by atoms with E-state index in [0.717, 1.165) is 43.6 Å². The summed E-state index contributed by atoms with van der Waals surface area (Å²) >= 11 is 0. The van der Waals surface area contributed by atoms with Crippen molar-refractivity contribution in [2.75, 3.05) is 19.7 Å². The number of aromatic nitrogens is 1. The number of aliphatic hydroxyl groups excluding tert-OH is 1. The Bertz CT molecular complexity index is 650. The van der Waals surface area contributed by atoms with Gasteiger partial charge in [0.1, 0.15) is 0 Å². The number of aliphatic hydroxyl groups is 1. The van der Waals surface area contributed by atoms with Gasteiger partial charge < -0.3 is 14.6 Å². The van der Waals surface area contributed by atoms with Crippen LogP contribution in [0, 0.1) is 5.41 Å². The molecule has 1 amide bonds. The number of hydrogen-bond donors (Lipinski definition) is 1. The third kappa shape index (κ3) is 3.17. The second-order valence-corrected chi connectivity index (χ2v) is 6.44. The van der Waals surface area contributed by atoms with E-state index in [4.69, 9.17) is 0 Å². The largest absolute Gasteiger partial charge is 0.396 e. The maximum atomic E-state index is 12.8.